The molecular formula is C11H11BrF3NO2. The Morgan fingerprint density at radius 2 is 2.06 bits per heavy atom. The number of rotatable bonds is 2. The van der Waals surface area contributed by atoms with Crippen molar-refractivity contribution in [3.8, 4) is 0 Å². The Bertz CT molecular complexity index is 439. The molecule has 7 heteroatoms. The van der Waals surface area contributed by atoms with Gasteiger partial charge in [0.05, 0.1) is 30.9 Å². The normalized spacial score (nSPS) is 24.3. The lowest BCUT2D eigenvalue weighted by molar-refractivity contribution is -0.138. The van der Waals surface area contributed by atoms with E-state index in [2.05, 4.69) is 21.2 Å². The van der Waals surface area contributed by atoms with Crippen LogP contribution in [0, 0.1) is 0 Å². The third kappa shape index (κ3) is 2.96. The van der Waals surface area contributed by atoms with Crippen molar-refractivity contribution in [2.45, 2.75) is 18.3 Å². The van der Waals surface area contributed by atoms with E-state index in [1.165, 1.54) is 12.1 Å². The molecule has 1 aromatic rings. The molecule has 2 N–H and O–H groups in total. The molecule has 0 bridgehead atoms. The molecule has 0 aliphatic carbocycles. The predicted octanol–water partition coefficient (Wildman–Crippen LogP) is 2.64. The van der Waals surface area contributed by atoms with Crippen LogP contribution in [-0.4, -0.2) is 30.5 Å². The van der Waals surface area contributed by atoms with Crippen molar-refractivity contribution in [3.63, 3.8) is 0 Å². The number of aliphatic hydroxyl groups excluding tert-OH is 1. The molecule has 2 unspecified atom stereocenters. The number of aliphatic hydroxyl groups is 1. The summed E-state index contributed by atoms with van der Waals surface area (Å²) in [7, 11) is 0. The molecule has 1 aliphatic heterocycles. The monoisotopic (exact) mass is 325 g/mol. The Morgan fingerprint density at radius 3 is 2.61 bits per heavy atom. The summed E-state index contributed by atoms with van der Waals surface area (Å²) in [5, 5.41) is 12.3. The van der Waals surface area contributed by atoms with Crippen molar-refractivity contribution >= 4 is 21.6 Å². The molecule has 0 aromatic heterocycles. The third-order valence-corrected chi connectivity index (χ3v) is 3.37. The van der Waals surface area contributed by atoms with Gasteiger partial charge in [0.15, 0.2) is 0 Å². The molecule has 1 aliphatic rings. The summed E-state index contributed by atoms with van der Waals surface area (Å²) in [6, 6.07) is 3.47. The highest BCUT2D eigenvalue weighted by molar-refractivity contribution is 9.10. The van der Waals surface area contributed by atoms with E-state index in [0.717, 1.165) is 6.07 Å². The molecular weight excluding hydrogens is 315 g/mol. The summed E-state index contributed by atoms with van der Waals surface area (Å²) in [4.78, 5) is 0. The zero-order valence-corrected chi connectivity index (χ0v) is 10.8. The van der Waals surface area contributed by atoms with Gasteiger partial charge in [0, 0.05) is 10.2 Å². The van der Waals surface area contributed by atoms with E-state index in [1.54, 1.807) is 0 Å². The molecule has 18 heavy (non-hydrogen) atoms. The predicted molar refractivity (Wildman–Crippen MR) is 63.4 cm³/mol. The van der Waals surface area contributed by atoms with Gasteiger partial charge in [-0.2, -0.15) is 13.2 Å². The minimum absolute atomic E-state index is 0.0104. The van der Waals surface area contributed by atoms with Crippen LogP contribution in [0.15, 0.2) is 22.7 Å². The minimum atomic E-state index is -4.42. The second-order valence-corrected chi connectivity index (χ2v) is 4.90. The van der Waals surface area contributed by atoms with Gasteiger partial charge in [-0.05, 0) is 18.2 Å². The van der Waals surface area contributed by atoms with Crippen LogP contribution >= 0.6 is 15.9 Å². The number of hydrogen-bond acceptors (Lipinski definition) is 3. The Morgan fingerprint density at radius 1 is 1.33 bits per heavy atom. The van der Waals surface area contributed by atoms with Gasteiger partial charge in [-0.15, -0.1) is 0 Å². The zero-order valence-electron chi connectivity index (χ0n) is 9.17. The zero-order chi connectivity index (χ0) is 13.3. The fraction of sp³-hybridized carbons (Fsp3) is 0.455. The lowest BCUT2D eigenvalue weighted by Crippen LogP contribution is -2.31. The van der Waals surface area contributed by atoms with Gasteiger partial charge in [0.1, 0.15) is 0 Å². The van der Waals surface area contributed by atoms with Crippen molar-refractivity contribution in [1.29, 1.82) is 0 Å². The van der Waals surface area contributed by atoms with Gasteiger partial charge < -0.3 is 15.2 Å². The van der Waals surface area contributed by atoms with Crippen LogP contribution in [0.4, 0.5) is 18.9 Å². The average molecular weight is 326 g/mol. The first-order valence-electron chi connectivity index (χ1n) is 5.27. The first-order valence-corrected chi connectivity index (χ1v) is 6.06. The first kappa shape index (κ1) is 13.6. The summed E-state index contributed by atoms with van der Waals surface area (Å²) in [5.41, 5.74) is -0.444. The lowest BCUT2D eigenvalue weighted by atomic mass is 10.1. The highest BCUT2D eigenvalue weighted by Gasteiger charge is 2.33. The van der Waals surface area contributed by atoms with Gasteiger partial charge in [-0.3, -0.25) is 0 Å². The number of alkyl halides is 3. The average Bonchev–Trinajstić information content (AvgIpc) is 2.66. The quantitative estimate of drug-likeness (QED) is 0.878. The maximum absolute atomic E-state index is 12.7. The molecule has 0 radical (unpaired) electrons. The summed E-state index contributed by atoms with van der Waals surface area (Å²) in [5.74, 6) is 0. The van der Waals surface area contributed by atoms with E-state index >= 15 is 0 Å². The molecule has 0 amide bonds. The van der Waals surface area contributed by atoms with Crippen LogP contribution in [0.2, 0.25) is 0 Å². The van der Waals surface area contributed by atoms with Crippen molar-refractivity contribution in [1.82, 2.24) is 0 Å². The highest BCUT2D eigenvalue weighted by atomic mass is 79.9. The number of benzene rings is 1. The number of halogens is 4. The van der Waals surface area contributed by atoms with Crippen molar-refractivity contribution < 1.29 is 23.0 Å². The van der Waals surface area contributed by atoms with Gasteiger partial charge in [-0.25, -0.2) is 0 Å². The Balaban J connectivity index is 2.19. The van der Waals surface area contributed by atoms with E-state index < -0.39 is 17.8 Å². The second kappa shape index (κ2) is 5.07. The van der Waals surface area contributed by atoms with E-state index in [-0.39, 0.29) is 23.7 Å². The van der Waals surface area contributed by atoms with Gasteiger partial charge >= 0.3 is 6.18 Å². The summed E-state index contributed by atoms with van der Waals surface area (Å²) in [6.07, 6.45) is -5.12. The molecule has 3 nitrogen and oxygen atoms in total. The fourth-order valence-corrected chi connectivity index (χ4v) is 2.20. The molecule has 0 spiro atoms. The van der Waals surface area contributed by atoms with E-state index in [1.807, 2.05) is 0 Å². The Kier molecular flexibility index (Phi) is 3.84. The van der Waals surface area contributed by atoms with Crippen LogP contribution < -0.4 is 5.32 Å². The largest absolute Gasteiger partial charge is 0.417 e. The van der Waals surface area contributed by atoms with Crippen LogP contribution in [0.1, 0.15) is 5.56 Å². The second-order valence-electron chi connectivity index (χ2n) is 4.05. The molecule has 1 aromatic carbocycles. The number of ether oxygens (including phenoxy) is 1. The SMILES string of the molecule is OC1COCC1Nc1ccc(Br)c(C(F)(F)F)c1. The van der Waals surface area contributed by atoms with Gasteiger partial charge in [-0.1, -0.05) is 15.9 Å². The molecule has 1 fully saturated rings. The summed E-state index contributed by atoms with van der Waals surface area (Å²) < 4.78 is 43.1. The summed E-state index contributed by atoms with van der Waals surface area (Å²) in [6.45, 7) is 0.471. The Labute approximate surface area is 110 Å². The van der Waals surface area contributed by atoms with E-state index in [0.29, 0.717) is 5.69 Å². The molecule has 1 saturated heterocycles. The van der Waals surface area contributed by atoms with Gasteiger partial charge in [0.2, 0.25) is 0 Å². The van der Waals surface area contributed by atoms with Crippen molar-refractivity contribution in [2.75, 3.05) is 18.5 Å². The standard InChI is InChI=1S/C11H11BrF3NO2/c12-8-2-1-6(3-7(8)11(13,14)15)16-9-4-18-5-10(9)17/h1-3,9-10,16-17H,4-5H2. The topological polar surface area (TPSA) is 41.5 Å². The molecule has 2 atom stereocenters. The van der Waals surface area contributed by atoms with E-state index in [4.69, 9.17) is 4.74 Å². The number of anilines is 1. The van der Waals surface area contributed by atoms with Crippen LogP contribution in [0.5, 0.6) is 0 Å². The fourth-order valence-electron chi connectivity index (χ4n) is 1.73. The van der Waals surface area contributed by atoms with Gasteiger partial charge in [0.25, 0.3) is 0 Å². The van der Waals surface area contributed by atoms with Crippen LogP contribution in [0.25, 0.3) is 0 Å². The maximum atomic E-state index is 12.7. The van der Waals surface area contributed by atoms with Crippen LogP contribution in [-0.2, 0) is 10.9 Å². The smallest absolute Gasteiger partial charge is 0.388 e. The molecule has 0 saturated carbocycles. The minimum Gasteiger partial charge on any atom is -0.388 e. The maximum Gasteiger partial charge on any atom is 0.417 e. The van der Waals surface area contributed by atoms with Crippen molar-refractivity contribution in [3.05, 3.63) is 28.2 Å². The Hall–Kier alpha value is -0.790. The molecule has 2 rings (SSSR count). The number of nitrogens with one attached hydrogen (secondary N) is 1. The van der Waals surface area contributed by atoms with Crippen molar-refractivity contribution in [2.24, 2.45) is 0 Å². The molecule has 100 valence electrons. The number of hydrogen-bond donors (Lipinski definition) is 2. The first-order chi connectivity index (χ1) is 8.38. The third-order valence-electron chi connectivity index (χ3n) is 2.67. The molecule has 1 heterocycles. The summed E-state index contributed by atoms with van der Waals surface area (Å²) >= 11 is 2.87. The lowest BCUT2D eigenvalue weighted by Gasteiger charge is -2.17. The van der Waals surface area contributed by atoms with Crippen LogP contribution in [0.3, 0.4) is 0 Å². The highest BCUT2D eigenvalue weighted by Crippen LogP contribution is 2.36. The van der Waals surface area contributed by atoms with E-state index in [9.17, 15) is 18.3 Å².